The van der Waals surface area contributed by atoms with E-state index in [-0.39, 0.29) is 5.92 Å². The first-order valence-electron chi connectivity index (χ1n) is 6.61. The van der Waals surface area contributed by atoms with Crippen LogP contribution in [0.5, 0.6) is 5.75 Å². The Labute approximate surface area is 110 Å². The smallest absolute Gasteiger partial charge is 0.119 e. The van der Waals surface area contributed by atoms with Crippen LogP contribution in [0.3, 0.4) is 0 Å². The van der Waals surface area contributed by atoms with Gasteiger partial charge < -0.3 is 5.11 Å². The summed E-state index contributed by atoms with van der Waals surface area (Å²) in [6.07, 6.45) is 4.57. The molecule has 96 valence electrons. The van der Waals surface area contributed by atoms with Gasteiger partial charge in [-0.2, -0.15) is 0 Å². The van der Waals surface area contributed by atoms with Crippen LogP contribution in [0.4, 0.5) is 0 Å². The summed E-state index contributed by atoms with van der Waals surface area (Å²) in [7, 11) is 0. The van der Waals surface area contributed by atoms with Crippen LogP contribution in [0.1, 0.15) is 43.7 Å². The molecule has 0 saturated carbocycles. The lowest BCUT2D eigenvalue weighted by atomic mass is 9.74. The van der Waals surface area contributed by atoms with E-state index in [4.69, 9.17) is 0 Å². The molecule has 18 heavy (non-hydrogen) atoms. The standard InChI is InChI=1S/C17H22O/c1-11(2)14-7-5-12(3)9-16(14)15-8-6-13(4)10-17(15)18/h6,8-10,14,16,18H,1,5,7H2,2-4H3. The van der Waals surface area contributed by atoms with Gasteiger partial charge in [-0.3, -0.25) is 0 Å². The lowest BCUT2D eigenvalue weighted by Crippen LogP contribution is -2.16. The lowest BCUT2D eigenvalue weighted by Gasteiger charge is -2.31. The van der Waals surface area contributed by atoms with Gasteiger partial charge in [0.2, 0.25) is 0 Å². The number of hydrogen-bond donors (Lipinski definition) is 1. The highest BCUT2D eigenvalue weighted by Crippen LogP contribution is 2.42. The van der Waals surface area contributed by atoms with Gasteiger partial charge >= 0.3 is 0 Å². The molecule has 0 aliphatic heterocycles. The quantitative estimate of drug-likeness (QED) is 0.744. The first-order chi connectivity index (χ1) is 8.49. The maximum atomic E-state index is 10.2. The van der Waals surface area contributed by atoms with E-state index in [9.17, 15) is 5.11 Å². The molecule has 0 fully saturated rings. The highest BCUT2D eigenvalue weighted by molar-refractivity contribution is 5.42. The predicted molar refractivity (Wildman–Crippen MR) is 76.9 cm³/mol. The average molecular weight is 242 g/mol. The van der Waals surface area contributed by atoms with Crippen molar-refractivity contribution in [3.63, 3.8) is 0 Å². The van der Waals surface area contributed by atoms with Crippen LogP contribution >= 0.6 is 0 Å². The number of aromatic hydroxyl groups is 1. The largest absolute Gasteiger partial charge is 0.508 e. The van der Waals surface area contributed by atoms with Gasteiger partial charge in [0.15, 0.2) is 0 Å². The van der Waals surface area contributed by atoms with E-state index in [1.807, 2.05) is 13.0 Å². The molecular weight excluding hydrogens is 220 g/mol. The van der Waals surface area contributed by atoms with Crippen molar-refractivity contribution in [2.75, 3.05) is 0 Å². The van der Waals surface area contributed by atoms with Gasteiger partial charge in [0.1, 0.15) is 5.75 Å². The first-order valence-corrected chi connectivity index (χ1v) is 6.61. The molecule has 1 aromatic carbocycles. The molecule has 1 heteroatoms. The molecule has 2 rings (SSSR count). The van der Waals surface area contributed by atoms with Gasteiger partial charge in [-0.25, -0.2) is 0 Å². The Morgan fingerprint density at radius 1 is 1.33 bits per heavy atom. The minimum atomic E-state index is 0.275. The zero-order chi connectivity index (χ0) is 13.3. The van der Waals surface area contributed by atoms with Crippen LogP contribution in [-0.2, 0) is 0 Å². The summed E-state index contributed by atoms with van der Waals surface area (Å²) < 4.78 is 0. The van der Waals surface area contributed by atoms with E-state index in [0.717, 1.165) is 24.0 Å². The number of hydrogen-bond acceptors (Lipinski definition) is 1. The van der Waals surface area contributed by atoms with E-state index in [0.29, 0.717) is 11.7 Å². The van der Waals surface area contributed by atoms with Crippen LogP contribution in [0.2, 0.25) is 0 Å². The molecule has 0 aromatic heterocycles. The summed E-state index contributed by atoms with van der Waals surface area (Å²) in [6, 6.07) is 5.98. The number of aryl methyl sites for hydroxylation is 1. The van der Waals surface area contributed by atoms with Gasteiger partial charge in [-0.1, -0.05) is 35.9 Å². The second-order valence-corrected chi connectivity index (χ2v) is 5.59. The van der Waals surface area contributed by atoms with Gasteiger partial charge in [0, 0.05) is 11.5 Å². The van der Waals surface area contributed by atoms with Crippen LogP contribution < -0.4 is 0 Å². The third kappa shape index (κ3) is 2.50. The molecule has 0 bridgehead atoms. The average Bonchev–Trinajstić information content (AvgIpc) is 2.28. The Kier molecular flexibility index (Phi) is 3.60. The van der Waals surface area contributed by atoms with Gasteiger partial charge in [0.25, 0.3) is 0 Å². The molecule has 1 nitrogen and oxygen atoms in total. The van der Waals surface area contributed by atoms with Crippen molar-refractivity contribution in [2.24, 2.45) is 5.92 Å². The van der Waals surface area contributed by atoms with Crippen molar-refractivity contribution >= 4 is 0 Å². The summed E-state index contributed by atoms with van der Waals surface area (Å²) in [5, 5.41) is 10.2. The molecule has 1 aliphatic rings. The Hall–Kier alpha value is -1.50. The molecule has 1 aromatic rings. The monoisotopic (exact) mass is 242 g/mol. The van der Waals surface area contributed by atoms with E-state index in [2.05, 4.69) is 38.6 Å². The number of phenols is 1. The zero-order valence-corrected chi connectivity index (χ0v) is 11.5. The topological polar surface area (TPSA) is 20.2 Å². The Balaban J connectivity index is 2.44. The first kappa shape index (κ1) is 12.9. The molecular formula is C17H22O. The van der Waals surface area contributed by atoms with Crippen molar-refractivity contribution in [1.82, 2.24) is 0 Å². The number of allylic oxidation sites excluding steroid dienone is 3. The van der Waals surface area contributed by atoms with Crippen LogP contribution in [0, 0.1) is 12.8 Å². The fourth-order valence-corrected chi connectivity index (χ4v) is 2.86. The van der Waals surface area contributed by atoms with Gasteiger partial charge in [-0.15, -0.1) is 0 Å². The highest BCUT2D eigenvalue weighted by atomic mass is 16.3. The molecule has 1 aliphatic carbocycles. The molecule has 0 amide bonds. The lowest BCUT2D eigenvalue weighted by molar-refractivity contribution is 0.436. The molecule has 2 atom stereocenters. The molecule has 0 radical (unpaired) electrons. The van der Waals surface area contributed by atoms with Crippen molar-refractivity contribution in [3.05, 3.63) is 53.1 Å². The van der Waals surface area contributed by atoms with Crippen molar-refractivity contribution in [3.8, 4) is 5.75 Å². The summed E-state index contributed by atoms with van der Waals surface area (Å²) in [6.45, 7) is 10.4. The maximum Gasteiger partial charge on any atom is 0.119 e. The van der Waals surface area contributed by atoms with E-state index >= 15 is 0 Å². The second kappa shape index (κ2) is 5.01. The number of rotatable bonds is 2. The van der Waals surface area contributed by atoms with E-state index in [1.54, 1.807) is 0 Å². The Morgan fingerprint density at radius 2 is 2.06 bits per heavy atom. The molecule has 2 unspecified atom stereocenters. The predicted octanol–water partition coefficient (Wildman–Crippen LogP) is 4.72. The second-order valence-electron chi connectivity index (χ2n) is 5.59. The number of phenolic OH excluding ortho intramolecular Hbond substituents is 1. The SMILES string of the molecule is C=C(C)C1CCC(C)=CC1c1ccc(C)cc1O. The van der Waals surface area contributed by atoms with E-state index in [1.165, 1.54) is 11.1 Å². The maximum absolute atomic E-state index is 10.2. The number of benzene rings is 1. The van der Waals surface area contributed by atoms with Crippen LogP contribution in [-0.4, -0.2) is 5.11 Å². The third-order valence-corrected chi connectivity index (χ3v) is 3.93. The molecule has 1 N–H and O–H groups in total. The van der Waals surface area contributed by atoms with Crippen molar-refractivity contribution < 1.29 is 5.11 Å². The van der Waals surface area contributed by atoms with Crippen molar-refractivity contribution in [1.29, 1.82) is 0 Å². The highest BCUT2D eigenvalue weighted by Gasteiger charge is 2.27. The zero-order valence-electron chi connectivity index (χ0n) is 11.5. The summed E-state index contributed by atoms with van der Waals surface area (Å²) in [5.41, 5.74) is 4.76. The Morgan fingerprint density at radius 3 is 2.67 bits per heavy atom. The molecule has 0 spiro atoms. The summed E-state index contributed by atoms with van der Waals surface area (Å²) in [4.78, 5) is 0. The fraction of sp³-hybridized carbons (Fsp3) is 0.412. The van der Waals surface area contributed by atoms with E-state index < -0.39 is 0 Å². The van der Waals surface area contributed by atoms with Crippen LogP contribution in [0.15, 0.2) is 42.0 Å². The minimum absolute atomic E-state index is 0.275. The van der Waals surface area contributed by atoms with Crippen LogP contribution in [0.25, 0.3) is 0 Å². The molecule has 0 saturated heterocycles. The van der Waals surface area contributed by atoms with Crippen molar-refractivity contribution in [2.45, 2.75) is 39.5 Å². The normalized spacial score (nSPS) is 23.6. The summed E-state index contributed by atoms with van der Waals surface area (Å²) in [5.74, 6) is 1.14. The molecule has 0 heterocycles. The fourth-order valence-electron chi connectivity index (χ4n) is 2.86. The summed E-state index contributed by atoms with van der Waals surface area (Å²) >= 11 is 0. The minimum Gasteiger partial charge on any atom is -0.508 e. The third-order valence-electron chi connectivity index (χ3n) is 3.93. The Bertz CT molecular complexity index is 496. The van der Waals surface area contributed by atoms with Gasteiger partial charge in [-0.05, 0) is 51.2 Å². The van der Waals surface area contributed by atoms with Gasteiger partial charge in [0.05, 0.1) is 0 Å².